The van der Waals surface area contributed by atoms with Gasteiger partial charge in [0, 0.05) is 0 Å². The zero-order valence-electron chi connectivity index (χ0n) is 15.0. The van der Waals surface area contributed by atoms with Gasteiger partial charge in [0.15, 0.2) is 0 Å². The molecule has 4 aromatic carbocycles. The normalized spacial score (nSPS) is 12.8. The van der Waals surface area contributed by atoms with Crippen molar-refractivity contribution < 1.29 is 0 Å². The molecule has 0 unspecified atom stereocenters. The fraction of sp³-hybridized carbons (Fsp3) is 0.304. The van der Waals surface area contributed by atoms with Gasteiger partial charge in [0.25, 0.3) is 0 Å². The minimum atomic E-state index is 0.150. The molecule has 4 aromatic rings. The van der Waals surface area contributed by atoms with Crippen molar-refractivity contribution in [2.75, 3.05) is 0 Å². The van der Waals surface area contributed by atoms with Gasteiger partial charge in [-0.25, -0.2) is 0 Å². The summed E-state index contributed by atoms with van der Waals surface area (Å²) in [5, 5.41) is 8.52. The van der Waals surface area contributed by atoms with Crippen molar-refractivity contribution in [1.29, 1.82) is 0 Å². The standard InChI is InChI=1S/C23H24/c1-13-11-14(2)17-9-10-19-20(23(4,5)6)12-15(3)18-8-7-16(13)21(17)22(18)19/h7-12H,1-6H3. The third kappa shape index (κ3) is 1.91. The van der Waals surface area contributed by atoms with E-state index < -0.39 is 0 Å². The van der Waals surface area contributed by atoms with Crippen LogP contribution in [-0.2, 0) is 5.41 Å². The molecular weight excluding hydrogens is 276 g/mol. The van der Waals surface area contributed by atoms with Crippen LogP contribution in [0.15, 0.2) is 36.4 Å². The van der Waals surface area contributed by atoms with E-state index in [1.807, 2.05) is 0 Å². The van der Waals surface area contributed by atoms with Crippen LogP contribution >= 0.6 is 0 Å². The molecule has 0 aromatic heterocycles. The number of hydrogen-bond acceptors (Lipinski definition) is 0. The van der Waals surface area contributed by atoms with Crippen molar-refractivity contribution in [2.24, 2.45) is 0 Å². The highest BCUT2D eigenvalue weighted by atomic mass is 14.2. The molecule has 0 saturated heterocycles. The maximum atomic E-state index is 2.39. The Kier molecular flexibility index (Phi) is 2.82. The maximum absolute atomic E-state index is 2.39. The lowest BCUT2D eigenvalue weighted by Gasteiger charge is -2.25. The average Bonchev–Trinajstić information content (AvgIpc) is 2.48. The molecule has 0 N–H and O–H groups in total. The lowest BCUT2D eigenvalue weighted by atomic mass is 9.79. The fourth-order valence-corrected chi connectivity index (χ4v) is 4.18. The molecule has 0 heteroatoms. The summed E-state index contributed by atoms with van der Waals surface area (Å²) in [6.07, 6.45) is 0. The van der Waals surface area contributed by atoms with E-state index in [-0.39, 0.29) is 5.41 Å². The van der Waals surface area contributed by atoms with Crippen molar-refractivity contribution in [3.8, 4) is 0 Å². The highest BCUT2D eigenvalue weighted by molar-refractivity contribution is 6.25. The van der Waals surface area contributed by atoms with Crippen LogP contribution in [0.4, 0.5) is 0 Å². The third-order valence-corrected chi connectivity index (χ3v) is 5.33. The summed E-state index contributed by atoms with van der Waals surface area (Å²) in [6.45, 7) is 13.7. The van der Waals surface area contributed by atoms with Gasteiger partial charge in [-0.1, -0.05) is 57.2 Å². The first-order valence-corrected chi connectivity index (χ1v) is 8.48. The van der Waals surface area contributed by atoms with Crippen molar-refractivity contribution in [1.82, 2.24) is 0 Å². The van der Waals surface area contributed by atoms with Crippen LogP contribution in [0.5, 0.6) is 0 Å². The Balaban J connectivity index is 2.38. The van der Waals surface area contributed by atoms with Crippen LogP contribution in [0.3, 0.4) is 0 Å². The molecule has 0 atom stereocenters. The molecule has 0 bridgehead atoms. The molecule has 116 valence electrons. The van der Waals surface area contributed by atoms with Gasteiger partial charge in [-0.2, -0.15) is 0 Å². The van der Waals surface area contributed by atoms with Gasteiger partial charge in [-0.05, 0) is 80.8 Å². The topological polar surface area (TPSA) is 0 Å². The first-order chi connectivity index (χ1) is 10.8. The minimum Gasteiger partial charge on any atom is -0.0561 e. The summed E-state index contributed by atoms with van der Waals surface area (Å²) in [5.41, 5.74) is 5.75. The van der Waals surface area contributed by atoms with Gasteiger partial charge in [0.1, 0.15) is 0 Å². The molecule has 0 amide bonds. The molecule has 0 radical (unpaired) electrons. The Morgan fingerprint density at radius 1 is 0.565 bits per heavy atom. The van der Waals surface area contributed by atoms with Crippen LogP contribution in [-0.4, -0.2) is 0 Å². The molecule has 0 saturated carbocycles. The van der Waals surface area contributed by atoms with E-state index >= 15 is 0 Å². The first-order valence-electron chi connectivity index (χ1n) is 8.48. The van der Waals surface area contributed by atoms with Crippen LogP contribution in [0.2, 0.25) is 0 Å². The monoisotopic (exact) mass is 300 g/mol. The maximum Gasteiger partial charge on any atom is -0.00210 e. The highest BCUT2D eigenvalue weighted by Crippen LogP contribution is 2.42. The molecule has 0 aliphatic carbocycles. The zero-order chi connectivity index (χ0) is 16.5. The first kappa shape index (κ1) is 14.5. The molecule has 0 heterocycles. The third-order valence-electron chi connectivity index (χ3n) is 5.33. The highest BCUT2D eigenvalue weighted by Gasteiger charge is 2.21. The molecule has 0 nitrogen and oxygen atoms in total. The van der Waals surface area contributed by atoms with Crippen molar-refractivity contribution in [3.63, 3.8) is 0 Å². The SMILES string of the molecule is Cc1cc(C)c2ccc3c(C(C)(C)C)cc(C)c4ccc1c2c43. The van der Waals surface area contributed by atoms with Crippen molar-refractivity contribution >= 4 is 32.3 Å². The summed E-state index contributed by atoms with van der Waals surface area (Å²) in [5.74, 6) is 0. The van der Waals surface area contributed by atoms with Crippen LogP contribution in [0, 0.1) is 20.8 Å². The van der Waals surface area contributed by atoms with E-state index in [4.69, 9.17) is 0 Å². The second-order valence-electron chi connectivity index (χ2n) is 8.07. The number of rotatable bonds is 0. The zero-order valence-corrected chi connectivity index (χ0v) is 15.0. The smallest absolute Gasteiger partial charge is 0.00210 e. The lowest BCUT2D eigenvalue weighted by molar-refractivity contribution is 0.595. The summed E-state index contributed by atoms with van der Waals surface area (Å²) < 4.78 is 0. The van der Waals surface area contributed by atoms with Crippen LogP contribution in [0.1, 0.15) is 43.0 Å². The quantitative estimate of drug-likeness (QED) is 0.313. The fourth-order valence-electron chi connectivity index (χ4n) is 4.18. The van der Waals surface area contributed by atoms with E-state index in [1.54, 1.807) is 0 Å². The van der Waals surface area contributed by atoms with E-state index in [2.05, 4.69) is 77.9 Å². The Morgan fingerprint density at radius 3 is 1.43 bits per heavy atom. The Hall–Kier alpha value is -2.08. The minimum absolute atomic E-state index is 0.150. The second kappa shape index (κ2) is 4.47. The summed E-state index contributed by atoms with van der Waals surface area (Å²) in [4.78, 5) is 0. The van der Waals surface area contributed by atoms with Crippen LogP contribution < -0.4 is 0 Å². The molecule has 0 aliphatic rings. The lowest BCUT2D eigenvalue weighted by Crippen LogP contribution is -2.12. The van der Waals surface area contributed by atoms with Gasteiger partial charge in [-0.3, -0.25) is 0 Å². The van der Waals surface area contributed by atoms with E-state index in [0.717, 1.165) is 0 Å². The largest absolute Gasteiger partial charge is 0.0561 e. The molecule has 4 rings (SSSR count). The van der Waals surface area contributed by atoms with Gasteiger partial charge < -0.3 is 0 Å². The summed E-state index contributed by atoms with van der Waals surface area (Å²) >= 11 is 0. The second-order valence-corrected chi connectivity index (χ2v) is 8.07. The summed E-state index contributed by atoms with van der Waals surface area (Å²) in [6, 6.07) is 14.0. The summed E-state index contributed by atoms with van der Waals surface area (Å²) in [7, 11) is 0. The number of hydrogen-bond donors (Lipinski definition) is 0. The van der Waals surface area contributed by atoms with Crippen molar-refractivity contribution in [3.05, 3.63) is 58.7 Å². The van der Waals surface area contributed by atoms with Gasteiger partial charge >= 0.3 is 0 Å². The number of aryl methyl sites for hydroxylation is 3. The van der Waals surface area contributed by atoms with Crippen LogP contribution in [0.25, 0.3) is 32.3 Å². The van der Waals surface area contributed by atoms with E-state index in [0.29, 0.717) is 0 Å². The van der Waals surface area contributed by atoms with E-state index in [1.165, 1.54) is 54.6 Å². The van der Waals surface area contributed by atoms with Gasteiger partial charge in [-0.15, -0.1) is 0 Å². The van der Waals surface area contributed by atoms with Gasteiger partial charge in [0.2, 0.25) is 0 Å². The molecular formula is C23H24. The number of benzene rings is 4. The average molecular weight is 300 g/mol. The Labute approximate surface area is 138 Å². The van der Waals surface area contributed by atoms with Gasteiger partial charge in [0.05, 0.1) is 0 Å². The molecule has 0 fully saturated rings. The van der Waals surface area contributed by atoms with Crippen molar-refractivity contribution in [2.45, 2.75) is 47.0 Å². The molecule has 0 spiro atoms. The molecule has 23 heavy (non-hydrogen) atoms. The predicted molar refractivity (Wildman–Crippen MR) is 103 cm³/mol. The predicted octanol–water partition coefficient (Wildman–Crippen LogP) is 6.81. The Morgan fingerprint density at radius 2 is 0.957 bits per heavy atom. The van der Waals surface area contributed by atoms with E-state index in [9.17, 15) is 0 Å². The molecule has 0 aliphatic heterocycles. The Bertz CT molecular complexity index is 1040.